The second-order valence-corrected chi connectivity index (χ2v) is 3.83. The summed E-state index contributed by atoms with van der Waals surface area (Å²) < 4.78 is 10.2. The lowest BCUT2D eigenvalue weighted by molar-refractivity contribution is 0.236. The minimum Gasteiger partial charge on any atom is -0.496 e. The molecule has 0 aliphatic carbocycles. The molecule has 1 aromatic carbocycles. The van der Waals surface area contributed by atoms with Crippen molar-refractivity contribution >= 4 is 0 Å². The molecule has 0 radical (unpaired) electrons. The zero-order valence-electron chi connectivity index (χ0n) is 10.0. The maximum absolute atomic E-state index is 8.90. The molecule has 2 rings (SSSR count). The number of hydrogen-bond acceptors (Lipinski definition) is 6. The fraction of sp³-hybridized carbons (Fsp3) is 0.333. The lowest BCUT2D eigenvalue weighted by Gasteiger charge is -2.05. The summed E-state index contributed by atoms with van der Waals surface area (Å²) in [5.74, 6) is 1.52. The standard InChI is InChI=1S/C12H15N3O3/c1-17-10-5-3-2-4-8(10)6-11-14-12(18-15-11)9(13)7-16/h2-5,9,16H,6-7,13H2,1H3. The van der Waals surface area contributed by atoms with Gasteiger partial charge >= 0.3 is 0 Å². The molecule has 0 spiro atoms. The Balaban J connectivity index is 2.16. The number of aliphatic hydroxyl groups is 1. The number of ether oxygens (including phenoxy) is 1. The average Bonchev–Trinajstić information content (AvgIpc) is 2.87. The molecule has 0 saturated carbocycles. The van der Waals surface area contributed by atoms with Gasteiger partial charge in [-0.15, -0.1) is 0 Å². The summed E-state index contributed by atoms with van der Waals surface area (Å²) in [5.41, 5.74) is 6.55. The molecule has 3 N–H and O–H groups in total. The largest absolute Gasteiger partial charge is 0.496 e. The Kier molecular flexibility index (Phi) is 3.91. The second kappa shape index (κ2) is 5.61. The number of rotatable bonds is 5. The van der Waals surface area contributed by atoms with Crippen molar-refractivity contribution in [1.82, 2.24) is 10.1 Å². The van der Waals surface area contributed by atoms with E-state index in [4.69, 9.17) is 20.1 Å². The maximum Gasteiger partial charge on any atom is 0.245 e. The van der Waals surface area contributed by atoms with Gasteiger partial charge in [-0.1, -0.05) is 23.4 Å². The second-order valence-electron chi connectivity index (χ2n) is 3.83. The van der Waals surface area contributed by atoms with Crippen molar-refractivity contribution in [3.05, 3.63) is 41.5 Å². The lowest BCUT2D eigenvalue weighted by atomic mass is 10.1. The molecule has 6 heteroatoms. The van der Waals surface area contributed by atoms with E-state index in [-0.39, 0.29) is 12.5 Å². The molecule has 0 bridgehead atoms. The summed E-state index contributed by atoms with van der Waals surface area (Å²) in [7, 11) is 1.61. The van der Waals surface area contributed by atoms with Gasteiger partial charge in [-0.2, -0.15) is 4.98 Å². The molecule has 1 unspecified atom stereocenters. The maximum atomic E-state index is 8.90. The summed E-state index contributed by atoms with van der Waals surface area (Å²) in [5, 5.41) is 12.7. The van der Waals surface area contributed by atoms with E-state index in [2.05, 4.69) is 10.1 Å². The molecule has 0 aliphatic rings. The Labute approximate surface area is 104 Å². The van der Waals surface area contributed by atoms with Crippen molar-refractivity contribution in [2.75, 3.05) is 13.7 Å². The van der Waals surface area contributed by atoms with Gasteiger partial charge in [0.25, 0.3) is 0 Å². The third-order valence-corrected chi connectivity index (χ3v) is 2.54. The zero-order chi connectivity index (χ0) is 13.0. The number of aliphatic hydroxyl groups excluding tert-OH is 1. The van der Waals surface area contributed by atoms with Crippen LogP contribution < -0.4 is 10.5 Å². The highest BCUT2D eigenvalue weighted by atomic mass is 16.5. The van der Waals surface area contributed by atoms with Crippen LogP contribution in [0.5, 0.6) is 5.75 Å². The van der Waals surface area contributed by atoms with E-state index >= 15 is 0 Å². The van der Waals surface area contributed by atoms with Crippen LogP contribution in [0.2, 0.25) is 0 Å². The van der Waals surface area contributed by atoms with Gasteiger partial charge in [-0.05, 0) is 6.07 Å². The van der Waals surface area contributed by atoms with Crippen LogP contribution in [0.4, 0.5) is 0 Å². The van der Waals surface area contributed by atoms with Gasteiger partial charge in [0, 0.05) is 12.0 Å². The van der Waals surface area contributed by atoms with E-state index in [1.54, 1.807) is 7.11 Å². The highest BCUT2D eigenvalue weighted by Crippen LogP contribution is 2.20. The van der Waals surface area contributed by atoms with Crippen LogP contribution in [0.3, 0.4) is 0 Å². The Bertz CT molecular complexity index is 513. The van der Waals surface area contributed by atoms with Gasteiger partial charge < -0.3 is 20.1 Å². The van der Waals surface area contributed by atoms with Gasteiger partial charge in [0.15, 0.2) is 5.82 Å². The topological polar surface area (TPSA) is 94.4 Å². The first kappa shape index (κ1) is 12.5. The monoisotopic (exact) mass is 249 g/mol. The summed E-state index contributed by atoms with van der Waals surface area (Å²) >= 11 is 0. The SMILES string of the molecule is COc1ccccc1Cc1noc(C(N)CO)n1. The predicted molar refractivity (Wildman–Crippen MR) is 64.1 cm³/mol. The van der Waals surface area contributed by atoms with Crippen LogP contribution >= 0.6 is 0 Å². The highest BCUT2D eigenvalue weighted by molar-refractivity contribution is 5.35. The Hall–Kier alpha value is -1.92. The van der Waals surface area contributed by atoms with Crippen LogP contribution in [-0.2, 0) is 6.42 Å². The van der Waals surface area contributed by atoms with Crippen molar-refractivity contribution < 1.29 is 14.4 Å². The van der Waals surface area contributed by atoms with Crippen molar-refractivity contribution in [3.63, 3.8) is 0 Å². The summed E-state index contributed by atoms with van der Waals surface area (Å²) in [4.78, 5) is 4.13. The smallest absolute Gasteiger partial charge is 0.245 e. The summed E-state index contributed by atoms with van der Waals surface area (Å²) in [6.45, 7) is -0.226. The molecular weight excluding hydrogens is 234 g/mol. The number of aromatic nitrogens is 2. The van der Waals surface area contributed by atoms with Gasteiger partial charge in [-0.25, -0.2) is 0 Å². The van der Waals surface area contributed by atoms with Crippen LogP contribution in [0, 0.1) is 0 Å². The Morgan fingerprint density at radius 1 is 1.44 bits per heavy atom. The number of hydrogen-bond donors (Lipinski definition) is 2. The molecule has 0 saturated heterocycles. The van der Waals surface area contributed by atoms with Crippen LogP contribution in [0.1, 0.15) is 23.3 Å². The first-order valence-corrected chi connectivity index (χ1v) is 5.55. The summed E-state index contributed by atoms with van der Waals surface area (Å²) in [6.07, 6.45) is 0.492. The zero-order valence-corrected chi connectivity index (χ0v) is 10.0. The minimum absolute atomic E-state index is 0.226. The third kappa shape index (κ3) is 2.66. The third-order valence-electron chi connectivity index (χ3n) is 2.54. The molecule has 0 aliphatic heterocycles. The van der Waals surface area contributed by atoms with E-state index in [1.165, 1.54) is 0 Å². The van der Waals surface area contributed by atoms with E-state index in [9.17, 15) is 0 Å². The number of para-hydroxylation sites is 1. The van der Waals surface area contributed by atoms with Crippen molar-refractivity contribution in [1.29, 1.82) is 0 Å². The van der Waals surface area contributed by atoms with Crippen LogP contribution in [0.25, 0.3) is 0 Å². The molecule has 6 nitrogen and oxygen atoms in total. The van der Waals surface area contributed by atoms with Crippen molar-refractivity contribution in [2.45, 2.75) is 12.5 Å². The van der Waals surface area contributed by atoms with Crippen molar-refractivity contribution in [3.8, 4) is 5.75 Å². The van der Waals surface area contributed by atoms with E-state index in [0.717, 1.165) is 11.3 Å². The molecule has 2 aromatic rings. The fourth-order valence-corrected chi connectivity index (χ4v) is 1.59. The normalized spacial score (nSPS) is 12.4. The van der Waals surface area contributed by atoms with E-state index in [1.807, 2.05) is 24.3 Å². The van der Waals surface area contributed by atoms with Gasteiger partial charge in [0.05, 0.1) is 13.7 Å². The van der Waals surface area contributed by atoms with Gasteiger partial charge in [-0.3, -0.25) is 0 Å². The first-order chi connectivity index (χ1) is 8.74. The van der Waals surface area contributed by atoms with Crippen LogP contribution in [0.15, 0.2) is 28.8 Å². The first-order valence-electron chi connectivity index (χ1n) is 5.55. The Morgan fingerprint density at radius 3 is 2.94 bits per heavy atom. The number of methoxy groups -OCH3 is 1. The molecule has 1 heterocycles. The average molecular weight is 249 g/mol. The number of nitrogens with two attached hydrogens (primary N) is 1. The fourth-order valence-electron chi connectivity index (χ4n) is 1.59. The molecule has 0 fully saturated rings. The number of nitrogens with zero attached hydrogens (tertiary/aromatic N) is 2. The van der Waals surface area contributed by atoms with Crippen LogP contribution in [-0.4, -0.2) is 29.0 Å². The quantitative estimate of drug-likeness (QED) is 0.808. The lowest BCUT2D eigenvalue weighted by Crippen LogP contribution is -2.14. The van der Waals surface area contributed by atoms with Gasteiger partial charge in [0.2, 0.25) is 5.89 Å². The minimum atomic E-state index is -0.635. The molecule has 1 aromatic heterocycles. The predicted octanol–water partition coefficient (Wildman–Crippen LogP) is 0.661. The highest BCUT2D eigenvalue weighted by Gasteiger charge is 2.14. The molecule has 1 atom stereocenters. The van der Waals surface area contributed by atoms with Crippen molar-refractivity contribution in [2.24, 2.45) is 5.73 Å². The Morgan fingerprint density at radius 2 is 2.22 bits per heavy atom. The molecular formula is C12H15N3O3. The van der Waals surface area contributed by atoms with E-state index in [0.29, 0.717) is 12.2 Å². The molecule has 18 heavy (non-hydrogen) atoms. The molecule has 96 valence electrons. The number of benzene rings is 1. The molecule has 0 amide bonds. The van der Waals surface area contributed by atoms with Gasteiger partial charge in [0.1, 0.15) is 11.8 Å². The summed E-state index contributed by atoms with van der Waals surface area (Å²) in [6, 6.07) is 6.98. The van der Waals surface area contributed by atoms with E-state index < -0.39 is 6.04 Å².